The third-order valence-electron chi connectivity index (χ3n) is 8.44. The van der Waals surface area contributed by atoms with Gasteiger partial charge in [0.2, 0.25) is 0 Å². The lowest BCUT2D eigenvalue weighted by molar-refractivity contribution is -0.384. The van der Waals surface area contributed by atoms with Crippen LogP contribution >= 0.6 is 23.2 Å². The maximum absolute atomic E-state index is 15.8. The van der Waals surface area contributed by atoms with E-state index in [-0.39, 0.29) is 32.8 Å². The van der Waals surface area contributed by atoms with Gasteiger partial charge in [-0.25, -0.2) is 8.78 Å². The highest BCUT2D eigenvalue weighted by atomic mass is 35.5. The number of nitro benzene ring substituents is 2. The van der Waals surface area contributed by atoms with Crippen LogP contribution in [0.15, 0.2) is 48.5 Å². The minimum atomic E-state index is -0.771. The SMILES string of the molecule is O=[N+]([O-])c1cc([C@H]2CC[C@H](c3ccc(Cl)c([N+](=O)[O-])c3)N2c2cc(F)c(N3CCC4(CC3)OCCO4)c(F)c2)ccc1Cl. The first-order valence-electron chi connectivity index (χ1n) is 13.7. The normalized spacial score (nSPS) is 21.5. The molecule has 43 heavy (non-hydrogen) atoms. The average molecular weight is 635 g/mol. The van der Waals surface area contributed by atoms with Gasteiger partial charge in [-0.15, -0.1) is 0 Å². The summed E-state index contributed by atoms with van der Waals surface area (Å²) in [5.41, 5.74) is 0.478. The first kappa shape index (κ1) is 29.5. The second kappa shape index (κ2) is 11.5. The molecule has 2 atom stereocenters. The van der Waals surface area contributed by atoms with Crippen molar-refractivity contribution in [2.24, 2.45) is 0 Å². The molecule has 0 unspecified atom stereocenters. The first-order chi connectivity index (χ1) is 20.6. The van der Waals surface area contributed by atoms with Crippen LogP contribution in [0.4, 0.5) is 31.5 Å². The van der Waals surface area contributed by atoms with Crippen molar-refractivity contribution in [1.29, 1.82) is 0 Å². The quantitative estimate of drug-likeness (QED) is 0.202. The molecule has 3 fully saturated rings. The lowest BCUT2D eigenvalue weighted by atomic mass is 10.0. The Kier molecular flexibility index (Phi) is 7.88. The van der Waals surface area contributed by atoms with Crippen LogP contribution in [0.1, 0.15) is 48.9 Å². The molecular formula is C29H26Cl2F2N4O6. The second-order valence-electron chi connectivity index (χ2n) is 10.8. The number of hydrogen-bond acceptors (Lipinski definition) is 8. The monoisotopic (exact) mass is 634 g/mol. The molecule has 0 N–H and O–H groups in total. The highest BCUT2D eigenvalue weighted by Gasteiger charge is 2.42. The van der Waals surface area contributed by atoms with Crippen LogP contribution in [0.5, 0.6) is 0 Å². The molecule has 14 heteroatoms. The van der Waals surface area contributed by atoms with Crippen LogP contribution < -0.4 is 9.80 Å². The maximum Gasteiger partial charge on any atom is 0.288 e. The molecule has 0 amide bonds. The van der Waals surface area contributed by atoms with E-state index in [1.807, 2.05) is 0 Å². The summed E-state index contributed by atoms with van der Waals surface area (Å²) in [7, 11) is 0. The second-order valence-corrected chi connectivity index (χ2v) is 11.6. The molecule has 0 aromatic heterocycles. The highest BCUT2D eigenvalue weighted by Crippen LogP contribution is 2.49. The van der Waals surface area contributed by atoms with Crippen LogP contribution in [-0.2, 0) is 9.47 Å². The molecule has 3 aromatic carbocycles. The Balaban J connectivity index is 1.39. The van der Waals surface area contributed by atoms with Gasteiger partial charge in [0.15, 0.2) is 17.4 Å². The summed E-state index contributed by atoms with van der Waals surface area (Å²) in [6.07, 6.45) is 1.82. The van der Waals surface area contributed by atoms with Gasteiger partial charge in [-0.3, -0.25) is 20.2 Å². The van der Waals surface area contributed by atoms with E-state index in [1.165, 1.54) is 36.4 Å². The molecule has 10 nitrogen and oxygen atoms in total. The molecule has 0 aliphatic carbocycles. The van der Waals surface area contributed by atoms with Crippen molar-refractivity contribution in [1.82, 2.24) is 0 Å². The Morgan fingerprint density at radius 1 is 0.791 bits per heavy atom. The van der Waals surface area contributed by atoms with E-state index < -0.39 is 39.4 Å². The van der Waals surface area contributed by atoms with Crippen LogP contribution in [0.25, 0.3) is 0 Å². The smallest absolute Gasteiger partial charge is 0.288 e. The Morgan fingerprint density at radius 3 is 1.70 bits per heavy atom. The molecule has 3 heterocycles. The minimum Gasteiger partial charge on any atom is -0.366 e. The van der Waals surface area contributed by atoms with E-state index in [9.17, 15) is 20.2 Å². The first-order valence-corrected chi connectivity index (χ1v) is 14.5. The van der Waals surface area contributed by atoms with Gasteiger partial charge in [0, 0.05) is 43.8 Å². The van der Waals surface area contributed by atoms with Gasteiger partial charge in [-0.1, -0.05) is 35.3 Å². The van der Waals surface area contributed by atoms with E-state index in [1.54, 1.807) is 21.9 Å². The summed E-state index contributed by atoms with van der Waals surface area (Å²) in [5, 5.41) is 23.2. The van der Waals surface area contributed by atoms with Crippen LogP contribution in [0.3, 0.4) is 0 Å². The van der Waals surface area contributed by atoms with Crippen molar-refractivity contribution in [2.45, 2.75) is 43.6 Å². The molecule has 1 spiro atoms. The van der Waals surface area contributed by atoms with Gasteiger partial charge in [0.05, 0.1) is 35.1 Å². The highest BCUT2D eigenvalue weighted by molar-refractivity contribution is 6.33. The summed E-state index contributed by atoms with van der Waals surface area (Å²) in [5.74, 6) is -2.25. The molecule has 0 bridgehead atoms. The van der Waals surface area contributed by atoms with E-state index in [4.69, 9.17) is 32.7 Å². The molecule has 3 saturated heterocycles. The maximum atomic E-state index is 15.8. The number of rotatable bonds is 6. The van der Waals surface area contributed by atoms with Crippen molar-refractivity contribution in [2.75, 3.05) is 36.1 Å². The molecule has 3 aliphatic rings. The third kappa shape index (κ3) is 5.48. The van der Waals surface area contributed by atoms with Gasteiger partial charge < -0.3 is 19.3 Å². The molecule has 0 radical (unpaired) electrons. The topological polar surface area (TPSA) is 111 Å². The number of ether oxygens (including phenoxy) is 2. The van der Waals surface area contributed by atoms with Gasteiger partial charge in [-0.05, 0) is 48.2 Å². The van der Waals surface area contributed by atoms with Gasteiger partial charge in [0.25, 0.3) is 11.4 Å². The van der Waals surface area contributed by atoms with Crippen molar-refractivity contribution >= 4 is 46.0 Å². The zero-order valence-corrected chi connectivity index (χ0v) is 24.2. The van der Waals surface area contributed by atoms with Crippen molar-refractivity contribution in [3.05, 3.63) is 102 Å². The zero-order chi connectivity index (χ0) is 30.5. The molecular weight excluding hydrogens is 609 g/mol. The Labute approximate surface area is 255 Å². The minimum absolute atomic E-state index is 0.0404. The summed E-state index contributed by atoms with van der Waals surface area (Å²) in [6, 6.07) is 10.2. The number of hydrogen-bond donors (Lipinski definition) is 0. The standard InChI is InChI=1S/C29H26Cl2F2N4O6/c30-20-3-1-17(13-26(20)36(38)39)24-5-6-25(18-2-4-21(31)27(14-18)37(40)41)35(24)19-15-22(32)28(23(33)16-19)34-9-7-29(8-10-34)42-11-12-43-29/h1-4,13-16,24-25H,5-12H2/t24-,25-/m1/s1. The van der Waals surface area contributed by atoms with Crippen molar-refractivity contribution in [3.8, 4) is 0 Å². The van der Waals surface area contributed by atoms with Crippen LogP contribution in [0.2, 0.25) is 10.0 Å². The number of piperidine rings is 1. The number of anilines is 2. The predicted molar refractivity (Wildman–Crippen MR) is 156 cm³/mol. The largest absolute Gasteiger partial charge is 0.366 e. The lowest BCUT2D eigenvalue weighted by Gasteiger charge is -2.39. The summed E-state index contributed by atoms with van der Waals surface area (Å²) in [6.45, 7) is 1.66. The number of halogens is 4. The van der Waals surface area contributed by atoms with Crippen molar-refractivity contribution in [3.63, 3.8) is 0 Å². The molecule has 3 aromatic rings. The fourth-order valence-corrected chi connectivity index (χ4v) is 6.81. The van der Waals surface area contributed by atoms with Crippen LogP contribution in [0, 0.1) is 31.9 Å². The van der Waals surface area contributed by atoms with Crippen LogP contribution in [-0.4, -0.2) is 41.9 Å². The Bertz CT molecular complexity index is 1500. The van der Waals surface area contributed by atoms with Gasteiger partial charge in [-0.2, -0.15) is 0 Å². The van der Waals surface area contributed by atoms with Gasteiger partial charge in [0.1, 0.15) is 15.7 Å². The molecule has 226 valence electrons. The summed E-state index contributed by atoms with van der Waals surface area (Å²) in [4.78, 5) is 25.5. The lowest BCUT2D eigenvalue weighted by Crippen LogP contribution is -2.45. The summed E-state index contributed by atoms with van der Waals surface area (Å²) >= 11 is 12.1. The van der Waals surface area contributed by atoms with E-state index in [2.05, 4.69) is 0 Å². The fraction of sp³-hybridized carbons (Fsp3) is 0.379. The average Bonchev–Trinajstić information content (AvgIpc) is 3.62. The predicted octanol–water partition coefficient (Wildman–Crippen LogP) is 7.51. The van der Waals surface area contributed by atoms with Crippen molar-refractivity contribution < 1.29 is 28.1 Å². The molecule has 3 aliphatic heterocycles. The summed E-state index contributed by atoms with van der Waals surface area (Å²) < 4.78 is 43.2. The van der Waals surface area contributed by atoms with Gasteiger partial charge >= 0.3 is 0 Å². The number of nitro groups is 2. The Morgan fingerprint density at radius 2 is 1.26 bits per heavy atom. The zero-order valence-electron chi connectivity index (χ0n) is 22.7. The third-order valence-corrected chi connectivity index (χ3v) is 9.08. The van der Waals surface area contributed by atoms with E-state index >= 15 is 8.78 Å². The molecule has 6 rings (SSSR count). The Hall–Kier alpha value is -3.58. The van der Waals surface area contributed by atoms with E-state index in [0.717, 1.165) is 0 Å². The number of benzene rings is 3. The van der Waals surface area contributed by atoms with E-state index in [0.29, 0.717) is 63.1 Å². The molecule has 0 saturated carbocycles. The number of nitrogens with zero attached hydrogens (tertiary/aromatic N) is 4. The fourth-order valence-electron chi connectivity index (χ4n) is 6.44.